The van der Waals surface area contributed by atoms with E-state index in [1.165, 1.54) is 16.5 Å². The third-order valence-corrected chi connectivity index (χ3v) is 4.34. The van der Waals surface area contributed by atoms with E-state index in [1.54, 1.807) is 7.05 Å². The van der Waals surface area contributed by atoms with Crippen LogP contribution < -0.4 is 15.4 Å². The first kappa shape index (κ1) is 21.7. The summed E-state index contributed by atoms with van der Waals surface area (Å²) in [6.07, 6.45) is 4.05. The molecule has 0 aliphatic heterocycles. The lowest BCUT2D eigenvalue weighted by molar-refractivity contribution is 0.586. The Morgan fingerprint density at radius 2 is 1.92 bits per heavy atom. The molecule has 0 radical (unpaired) electrons. The second kappa shape index (κ2) is 9.97. The van der Waals surface area contributed by atoms with Crippen molar-refractivity contribution in [2.45, 2.75) is 13.3 Å². The van der Waals surface area contributed by atoms with E-state index in [4.69, 9.17) is 0 Å². The van der Waals surface area contributed by atoms with Gasteiger partial charge in [-0.1, -0.05) is 12.1 Å². The summed E-state index contributed by atoms with van der Waals surface area (Å²) in [6, 6.07) is 6.39. The minimum Gasteiger partial charge on any atom is -0.361 e. The molecule has 0 fully saturated rings. The number of benzene rings is 1. The molecule has 0 bridgehead atoms. The van der Waals surface area contributed by atoms with Crippen LogP contribution in [0.5, 0.6) is 0 Å². The Morgan fingerprint density at radius 1 is 1.20 bits per heavy atom. The number of halogens is 1. The van der Waals surface area contributed by atoms with E-state index in [0.717, 1.165) is 24.7 Å². The highest BCUT2D eigenvalue weighted by Crippen LogP contribution is 2.19. The van der Waals surface area contributed by atoms with Crippen molar-refractivity contribution in [3.05, 3.63) is 35.5 Å². The van der Waals surface area contributed by atoms with Gasteiger partial charge >= 0.3 is 0 Å². The zero-order valence-corrected chi connectivity index (χ0v) is 17.9. The maximum Gasteiger partial charge on any atom is 0.208 e. The van der Waals surface area contributed by atoms with Crippen LogP contribution in [0.1, 0.15) is 11.1 Å². The van der Waals surface area contributed by atoms with Gasteiger partial charge in [0, 0.05) is 43.8 Å². The Balaban J connectivity index is 0.00000312. The van der Waals surface area contributed by atoms with Gasteiger partial charge in [0.15, 0.2) is 5.96 Å². The van der Waals surface area contributed by atoms with Gasteiger partial charge < -0.3 is 15.6 Å². The van der Waals surface area contributed by atoms with E-state index >= 15 is 0 Å². The Morgan fingerprint density at radius 3 is 2.60 bits per heavy atom. The summed E-state index contributed by atoms with van der Waals surface area (Å²) >= 11 is 0. The number of aromatic amines is 1. The number of H-pyrrole nitrogens is 1. The monoisotopic (exact) mass is 479 g/mol. The molecular weight excluding hydrogens is 453 g/mol. The highest BCUT2D eigenvalue weighted by Gasteiger charge is 2.05. The van der Waals surface area contributed by atoms with Crippen molar-refractivity contribution in [1.29, 1.82) is 0 Å². The number of fused-ring (bicyclic) bond motifs is 1. The molecule has 0 atom stereocenters. The van der Waals surface area contributed by atoms with Gasteiger partial charge in [-0.05, 0) is 30.5 Å². The predicted molar refractivity (Wildman–Crippen MR) is 114 cm³/mol. The van der Waals surface area contributed by atoms with E-state index in [2.05, 4.69) is 50.5 Å². The summed E-state index contributed by atoms with van der Waals surface area (Å²) in [7, 11) is -1.46. The molecule has 0 saturated carbocycles. The quantitative estimate of drug-likeness (QED) is 0.209. The van der Waals surface area contributed by atoms with Crippen molar-refractivity contribution in [3.63, 3.8) is 0 Å². The molecule has 0 aliphatic carbocycles. The average Bonchev–Trinajstić information content (AvgIpc) is 2.90. The second-order valence-electron chi connectivity index (χ2n) is 5.71. The van der Waals surface area contributed by atoms with Gasteiger partial charge in [-0.25, -0.2) is 13.1 Å². The first-order valence-corrected chi connectivity index (χ1v) is 9.74. The standard InChI is InChI=1S/C16H25N5O2S.HI/c1-12-4-5-14-13(11-20-15(14)10-12)6-7-18-16(17-2)19-8-9-21-24(3,22)23;/h4-5,10-11,20-21H,6-9H2,1-3H3,(H2,17,18,19);1H. The first-order chi connectivity index (χ1) is 11.4. The molecule has 2 rings (SSSR count). The Hall–Kier alpha value is -1.33. The van der Waals surface area contributed by atoms with Crippen molar-refractivity contribution in [3.8, 4) is 0 Å². The molecular formula is C16H26IN5O2S. The molecule has 25 heavy (non-hydrogen) atoms. The maximum absolute atomic E-state index is 11.0. The number of aryl methyl sites for hydroxylation is 1. The van der Waals surface area contributed by atoms with Gasteiger partial charge in [-0.3, -0.25) is 4.99 Å². The van der Waals surface area contributed by atoms with Gasteiger partial charge in [0.05, 0.1) is 6.26 Å². The molecule has 0 unspecified atom stereocenters. The van der Waals surface area contributed by atoms with Gasteiger partial charge in [0.1, 0.15) is 0 Å². The molecule has 4 N–H and O–H groups in total. The molecule has 0 saturated heterocycles. The molecule has 1 aromatic heterocycles. The van der Waals surface area contributed by atoms with Crippen LogP contribution >= 0.6 is 24.0 Å². The van der Waals surface area contributed by atoms with Gasteiger partial charge in [-0.2, -0.15) is 0 Å². The topological polar surface area (TPSA) is 98.4 Å². The van der Waals surface area contributed by atoms with Gasteiger partial charge in [0.2, 0.25) is 10.0 Å². The van der Waals surface area contributed by atoms with Crippen molar-refractivity contribution < 1.29 is 8.42 Å². The Kier molecular flexibility index (Phi) is 8.66. The number of aromatic nitrogens is 1. The zero-order valence-electron chi connectivity index (χ0n) is 14.7. The fraction of sp³-hybridized carbons (Fsp3) is 0.438. The largest absolute Gasteiger partial charge is 0.361 e. The number of nitrogens with one attached hydrogen (secondary N) is 4. The minimum absolute atomic E-state index is 0. The smallest absolute Gasteiger partial charge is 0.208 e. The summed E-state index contributed by atoms with van der Waals surface area (Å²) in [6.45, 7) is 3.61. The molecule has 1 aromatic carbocycles. The summed E-state index contributed by atoms with van der Waals surface area (Å²) in [4.78, 5) is 7.42. The van der Waals surface area contributed by atoms with E-state index in [1.807, 2.05) is 6.20 Å². The third kappa shape index (κ3) is 7.20. The van der Waals surface area contributed by atoms with Crippen LogP contribution in [-0.2, 0) is 16.4 Å². The Labute approximate surface area is 166 Å². The average molecular weight is 479 g/mol. The van der Waals surface area contributed by atoms with Crippen LogP contribution in [0.15, 0.2) is 29.4 Å². The molecule has 7 nitrogen and oxygen atoms in total. The lowest BCUT2D eigenvalue weighted by Gasteiger charge is -2.11. The van der Waals surface area contributed by atoms with E-state index < -0.39 is 10.0 Å². The number of rotatable bonds is 7. The molecule has 0 amide bonds. The van der Waals surface area contributed by atoms with Crippen LogP contribution in [0.3, 0.4) is 0 Å². The number of aliphatic imine (C=N–C) groups is 1. The molecule has 9 heteroatoms. The fourth-order valence-electron chi connectivity index (χ4n) is 2.46. The fourth-order valence-corrected chi connectivity index (χ4v) is 2.93. The number of hydrogen-bond acceptors (Lipinski definition) is 3. The van der Waals surface area contributed by atoms with E-state index in [-0.39, 0.29) is 24.0 Å². The molecule has 140 valence electrons. The van der Waals surface area contributed by atoms with Crippen molar-refractivity contribution in [1.82, 2.24) is 20.3 Å². The lowest BCUT2D eigenvalue weighted by atomic mass is 10.1. The summed E-state index contributed by atoms with van der Waals surface area (Å²) in [5.74, 6) is 0.654. The molecule has 2 aromatic rings. The van der Waals surface area contributed by atoms with Crippen LogP contribution in [0.4, 0.5) is 0 Å². The van der Waals surface area contributed by atoms with Crippen molar-refractivity contribution in [2.75, 3.05) is 32.9 Å². The summed E-state index contributed by atoms with van der Waals surface area (Å²) in [5, 5.41) is 7.54. The van der Waals surface area contributed by atoms with Gasteiger partial charge in [-0.15, -0.1) is 24.0 Å². The summed E-state index contributed by atoms with van der Waals surface area (Å²) in [5.41, 5.74) is 3.65. The second-order valence-corrected chi connectivity index (χ2v) is 7.54. The van der Waals surface area contributed by atoms with E-state index in [9.17, 15) is 8.42 Å². The van der Waals surface area contributed by atoms with Crippen molar-refractivity contribution in [2.24, 2.45) is 4.99 Å². The number of hydrogen-bond donors (Lipinski definition) is 4. The van der Waals surface area contributed by atoms with Crippen LogP contribution in [0.25, 0.3) is 10.9 Å². The molecule has 0 aliphatic rings. The highest BCUT2D eigenvalue weighted by molar-refractivity contribution is 14.0. The van der Waals surface area contributed by atoms with Gasteiger partial charge in [0.25, 0.3) is 0 Å². The number of nitrogens with zero attached hydrogens (tertiary/aromatic N) is 1. The highest BCUT2D eigenvalue weighted by atomic mass is 127. The normalized spacial score (nSPS) is 12.0. The van der Waals surface area contributed by atoms with Crippen LogP contribution in [-0.4, -0.2) is 52.3 Å². The molecule has 1 heterocycles. The zero-order chi connectivity index (χ0) is 17.6. The SMILES string of the molecule is CN=C(NCCNS(C)(=O)=O)NCCc1c[nH]c2cc(C)ccc12.I. The summed E-state index contributed by atoms with van der Waals surface area (Å²) < 4.78 is 24.4. The maximum atomic E-state index is 11.0. The van der Waals surface area contributed by atoms with Crippen molar-refractivity contribution >= 4 is 50.9 Å². The lowest BCUT2D eigenvalue weighted by Crippen LogP contribution is -2.42. The van der Waals surface area contributed by atoms with Crippen LogP contribution in [0.2, 0.25) is 0 Å². The third-order valence-electron chi connectivity index (χ3n) is 3.62. The van der Waals surface area contributed by atoms with E-state index in [0.29, 0.717) is 19.0 Å². The number of guanidine groups is 1. The minimum atomic E-state index is -3.15. The first-order valence-electron chi connectivity index (χ1n) is 7.85. The number of sulfonamides is 1. The molecule has 0 spiro atoms. The Bertz CT molecular complexity index is 817. The predicted octanol–water partition coefficient (Wildman–Crippen LogP) is 1.35. The van der Waals surface area contributed by atoms with Crippen LogP contribution in [0, 0.1) is 6.92 Å².